The molecule has 0 heterocycles. The zero-order valence-electron chi connectivity index (χ0n) is 9.26. The summed E-state index contributed by atoms with van der Waals surface area (Å²) in [5, 5.41) is 9.44. The van der Waals surface area contributed by atoms with E-state index in [1.807, 2.05) is 0 Å². The first-order valence-corrected chi connectivity index (χ1v) is 4.38. The van der Waals surface area contributed by atoms with Crippen LogP contribution >= 0.6 is 0 Å². The quantitative estimate of drug-likeness (QED) is 0.474. The zero-order valence-corrected chi connectivity index (χ0v) is 9.26. The summed E-state index contributed by atoms with van der Waals surface area (Å²) in [7, 11) is 3.26. The Morgan fingerprint density at radius 1 is 1.00 bits per heavy atom. The molecule has 0 aliphatic heterocycles. The predicted octanol–water partition coefficient (Wildman–Crippen LogP) is -1.13. The molecule has 0 unspecified atom stereocenters. The first-order chi connectivity index (χ1) is 7.47. The van der Waals surface area contributed by atoms with Crippen molar-refractivity contribution in [2.24, 2.45) is 5.92 Å². The van der Waals surface area contributed by atoms with E-state index in [1.165, 1.54) is 0 Å². The molecule has 0 spiro atoms. The van der Waals surface area contributed by atoms with Gasteiger partial charge in [-0.15, -0.1) is 0 Å². The van der Waals surface area contributed by atoms with E-state index < -0.39 is 36.4 Å². The summed E-state index contributed by atoms with van der Waals surface area (Å²) in [6.45, 7) is 0. The van der Waals surface area contributed by atoms with Crippen LogP contribution in [0.2, 0.25) is 0 Å². The number of aliphatic hydroxyl groups is 1. The molecule has 16 heavy (non-hydrogen) atoms. The number of aliphatic hydroxyl groups excluding tert-OH is 1. The van der Waals surface area contributed by atoms with Gasteiger partial charge in [0, 0.05) is 0 Å². The minimum Gasteiger partial charge on any atom is -0.469 e. The van der Waals surface area contributed by atoms with Crippen molar-refractivity contribution < 1.29 is 33.7 Å². The molecule has 0 bridgehead atoms. The lowest BCUT2D eigenvalue weighted by Gasteiger charge is -2.17. The van der Waals surface area contributed by atoms with Crippen LogP contribution in [0.3, 0.4) is 0 Å². The van der Waals surface area contributed by atoms with Gasteiger partial charge in [0.2, 0.25) is 0 Å². The van der Waals surface area contributed by atoms with Crippen molar-refractivity contribution in [1.29, 1.82) is 0 Å². The molecular weight excluding hydrogens is 220 g/mol. The lowest BCUT2D eigenvalue weighted by atomic mass is 9.99. The molecule has 2 atom stereocenters. The highest BCUT2D eigenvalue weighted by atomic mass is 16.5. The topological polar surface area (TPSA) is 99.1 Å². The van der Waals surface area contributed by atoms with Crippen LogP contribution in [-0.4, -0.2) is 50.4 Å². The van der Waals surface area contributed by atoms with E-state index in [1.54, 1.807) is 0 Å². The lowest BCUT2D eigenvalue weighted by molar-refractivity contribution is -0.166. The van der Waals surface area contributed by atoms with Crippen molar-refractivity contribution in [3.63, 3.8) is 0 Å². The molecule has 7 heteroatoms. The van der Waals surface area contributed by atoms with Crippen LogP contribution < -0.4 is 0 Å². The molecule has 0 amide bonds. The average Bonchev–Trinajstić information content (AvgIpc) is 2.32. The number of rotatable bonds is 5. The minimum atomic E-state index is -1.75. The first-order valence-electron chi connectivity index (χ1n) is 4.38. The predicted molar refractivity (Wildman–Crippen MR) is 50.2 cm³/mol. The van der Waals surface area contributed by atoms with Crippen LogP contribution in [0.5, 0.6) is 0 Å². The van der Waals surface area contributed by atoms with Crippen LogP contribution in [0.25, 0.3) is 0 Å². The summed E-state index contributed by atoms with van der Waals surface area (Å²) in [4.78, 5) is 33.2. The number of ether oxygens (including phenoxy) is 3. The fourth-order valence-corrected chi connectivity index (χ4v) is 1.02. The van der Waals surface area contributed by atoms with Gasteiger partial charge in [-0.05, 0) is 0 Å². The summed E-state index contributed by atoms with van der Waals surface area (Å²) >= 11 is 0. The molecule has 0 aromatic heterocycles. The second kappa shape index (κ2) is 6.78. The summed E-state index contributed by atoms with van der Waals surface area (Å²) < 4.78 is 12.9. The molecule has 7 nitrogen and oxygen atoms in total. The van der Waals surface area contributed by atoms with Crippen LogP contribution in [-0.2, 0) is 28.6 Å². The number of hydrogen-bond acceptors (Lipinski definition) is 7. The van der Waals surface area contributed by atoms with Crippen molar-refractivity contribution in [3.05, 3.63) is 0 Å². The van der Waals surface area contributed by atoms with Crippen LogP contribution in [0.1, 0.15) is 6.42 Å². The molecule has 0 aromatic carbocycles. The highest BCUT2D eigenvalue weighted by Crippen LogP contribution is 2.13. The first kappa shape index (κ1) is 14.4. The number of esters is 3. The van der Waals surface area contributed by atoms with E-state index in [0.29, 0.717) is 0 Å². The smallest absolute Gasteiger partial charge is 0.335 e. The Morgan fingerprint density at radius 2 is 1.50 bits per heavy atom. The Hall–Kier alpha value is -1.63. The molecule has 0 saturated carbocycles. The summed E-state index contributed by atoms with van der Waals surface area (Å²) in [6, 6.07) is 0. The number of carbonyl (C=O) groups is 3. The molecule has 0 radical (unpaired) electrons. The molecular formula is C9H14O7. The number of methoxy groups -OCH3 is 3. The Kier molecular flexibility index (Phi) is 6.09. The molecule has 92 valence electrons. The van der Waals surface area contributed by atoms with E-state index >= 15 is 0 Å². The van der Waals surface area contributed by atoms with Gasteiger partial charge in [0.15, 0.2) is 6.10 Å². The molecule has 1 N–H and O–H groups in total. The zero-order chi connectivity index (χ0) is 12.7. The van der Waals surface area contributed by atoms with E-state index in [2.05, 4.69) is 14.2 Å². The Bertz CT molecular complexity index is 273. The van der Waals surface area contributed by atoms with Gasteiger partial charge in [0.05, 0.1) is 27.8 Å². The maximum absolute atomic E-state index is 11.2. The minimum absolute atomic E-state index is 0.459. The normalized spacial score (nSPS) is 13.5. The maximum atomic E-state index is 11.2. The van der Waals surface area contributed by atoms with E-state index in [-0.39, 0.29) is 0 Å². The second-order valence-corrected chi connectivity index (χ2v) is 2.88. The van der Waals surface area contributed by atoms with Gasteiger partial charge in [-0.3, -0.25) is 9.59 Å². The van der Waals surface area contributed by atoms with Crippen molar-refractivity contribution in [2.45, 2.75) is 12.5 Å². The summed E-state index contributed by atoms with van der Waals surface area (Å²) in [5.74, 6) is -3.97. The average molecular weight is 234 g/mol. The van der Waals surface area contributed by atoms with Gasteiger partial charge < -0.3 is 19.3 Å². The van der Waals surface area contributed by atoms with Crippen LogP contribution in [0, 0.1) is 5.92 Å². The Balaban J connectivity index is 4.72. The molecule has 0 aromatic rings. The van der Waals surface area contributed by atoms with Crippen molar-refractivity contribution in [1.82, 2.24) is 0 Å². The van der Waals surface area contributed by atoms with E-state index in [0.717, 1.165) is 21.3 Å². The van der Waals surface area contributed by atoms with Crippen molar-refractivity contribution >= 4 is 17.9 Å². The van der Waals surface area contributed by atoms with E-state index in [9.17, 15) is 19.5 Å². The maximum Gasteiger partial charge on any atom is 0.335 e. The molecule has 0 fully saturated rings. The summed E-state index contributed by atoms with van der Waals surface area (Å²) in [5.41, 5.74) is 0. The SMILES string of the molecule is COC(=O)C[C@H](C(=O)OC)[C@@H](O)C(=O)OC. The third-order valence-corrected chi connectivity index (χ3v) is 1.94. The number of hydrogen-bond donors (Lipinski definition) is 1. The molecule has 0 saturated heterocycles. The third-order valence-electron chi connectivity index (χ3n) is 1.94. The standard InChI is InChI=1S/C9H14O7/c1-14-6(10)4-5(8(12)15-2)7(11)9(13)16-3/h5,7,11H,4H2,1-3H3/t5-,7+/m0/s1. The van der Waals surface area contributed by atoms with E-state index in [4.69, 9.17) is 0 Å². The number of carbonyl (C=O) groups excluding carboxylic acids is 3. The second-order valence-electron chi connectivity index (χ2n) is 2.88. The fourth-order valence-electron chi connectivity index (χ4n) is 1.02. The van der Waals surface area contributed by atoms with Gasteiger partial charge in [0.25, 0.3) is 0 Å². The van der Waals surface area contributed by atoms with Gasteiger partial charge in [-0.25, -0.2) is 4.79 Å². The summed E-state index contributed by atoms with van der Waals surface area (Å²) in [6.07, 6.45) is -2.21. The molecule has 0 aliphatic carbocycles. The van der Waals surface area contributed by atoms with Crippen molar-refractivity contribution in [3.8, 4) is 0 Å². The Labute approximate surface area is 92.3 Å². The Morgan fingerprint density at radius 3 is 1.88 bits per heavy atom. The highest BCUT2D eigenvalue weighted by Gasteiger charge is 2.35. The monoisotopic (exact) mass is 234 g/mol. The largest absolute Gasteiger partial charge is 0.469 e. The fraction of sp³-hybridized carbons (Fsp3) is 0.667. The lowest BCUT2D eigenvalue weighted by Crippen LogP contribution is -2.38. The van der Waals surface area contributed by atoms with Gasteiger partial charge in [0.1, 0.15) is 5.92 Å². The van der Waals surface area contributed by atoms with Gasteiger partial charge in [-0.1, -0.05) is 0 Å². The van der Waals surface area contributed by atoms with Gasteiger partial charge >= 0.3 is 17.9 Å². The molecule has 0 aliphatic rings. The van der Waals surface area contributed by atoms with Crippen LogP contribution in [0.4, 0.5) is 0 Å². The highest BCUT2D eigenvalue weighted by molar-refractivity contribution is 5.87. The van der Waals surface area contributed by atoms with Gasteiger partial charge in [-0.2, -0.15) is 0 Å². The van der Waals surface area contributed by atoms with Crippen LogP contribution in [0.15, 0.2) is 0 Å². The molecule has 0 rings (SSSR count). The third kappa shape index (κ3) is 3.85. The van der Waals surface area contributed by atoms with Crippen molar-refractivity contribution in [2.75, 3.05) is 21.3 Å².